The fourth-order valence-electron chi connectivity index (χ4n) is 1.27. The zero-order chi connectivity index (χ0) is 13.9. The molecule has 0 spiro atoms. The van der Waals surface area contributed by atoms with E-state index >= 15 is 0 Å². The van der Waals surface area contributed by atoms with Crippen molar-refractivity contribution in [2.24, 2.45) is 5.92 Å². The van der Waals surface area contributed by atoms with Crippen molar-refractivity contribution in [3.05, 3.63) is 34.4 Å². The van der Waals surface area contributed by atoms with E-state index in [0.29, 0.717) is 0 Å². The molecule has 1 N–H and O–H groups in total. The van der Waals surface area contributed by atoms with Gasteiger partial charge in [0.2, 0.25) is 0 Å². The number of rotatable bonds is 5. The van der Waals surface area contributed by atoms with Crippen LogP contribution in [0.3, 0.4) is 0 Å². The van der Waals surface area contributed by atoms with Crippen molar-refractivity contribution in [2.75, 3.05) is 5.75 Å². The average molecular weight is 273 g/mol. The van der Waals surface area contributed by atoms with Gasteiger partial charge >= 0.3 is 5.97 Å². The van der Waals surface area contributed by atoms with Crippen LogP contribution in [0, 0.1) is 16.0 Å². The van der Waals surface area contributed by atoms with Crippen LogP contribution in [-0.4, -0.2) is 30.2 Å². The van der Waals surface area contributed by atoms with E-state index in [2.05, 4.69) is 0 Å². The molecule has 7 nitrogen and oxygen atoms in total. The van der Waals surface area contributed by atoms with Crippen LogP contribution in [0.25, 0.3) is 0 Å². The third-order valence-corrected chi connectivity index (χ3v) is 4.23. The normalized spacial score (nSPS) is 12.9. The van der Waals surface area contributed by atoms with Gasteiger partial charge in [0.05, 0.1) is 21.5 Å². The summed E-state index contributed by atoms with van der Waals surface area (Å²) in [5.41, 5.74) is -0.222. The van der Waals surface area contributed by atoms with E-state index in [9.17, 15) is 23.3 Å². The second-order valence-electron chi connectivity index (χ2n) is 3.77. The van der Waals surface area contributed by atoms with Crippen molar-refractivity contribution in [1.29, 1.82) is 0 Å². The molecule has 98 valence electrons. The second kappa shape index (κ2) is 5.13. The highest BCUT2D eigenvalue weighted by atomic mass is 32.2. The first-order chi connectivity index (χ1) is 8.24. The van der Waals surface area contributed by atoms with Gasteiger partial charge in [0.1, 0.15) is 0 Å². The molecule has 0 bridgehead atoms. The summed E-state index contributed by atoms with van der Waals surface area (Å²) in [5.74, 6) is -2.79. The van der Waals surface area contributed by atoms with Gasteiger partial charge in [-0.1, -0.05) is 6.92 Å². The number of nitro groups is 1. The molecular weight excluding hydrogens is 262 g/mol. The Kier molecular flexibility index (Phi) is 4.02. The number of nitro benzene ring substituents is 1. The maximum atomic E-state index is 11.8. The summed E-state index contributed by atoms with van der Waals surface area (Å²) in [7, 11) is -3.75. The minimum atomic E-state index is -3.75. The molecule has 1 atom stereocenters. The Labute approximate surface area is 103 Å². The van der Waals surface area contributed by atoms with Gasteiger partial charge in [0.25, 0.3) is 5.69 Å². The van der Waals surface area contributed by atoms with Crippen LogP contribution in [0.2, 0.25) is 0 Å². The molecule has 1 aromatic carbocycles. The fraction of sp³-hybridized carbons (Fsp3) is 0.300. The molecule has 1 unspecified atom stereocenters. The van der Waals surface area contributed by atoms with Gasteiger partial charge in [-0.15, -0.1) is 0 Å². The predicted octanol–water partition coefficient (Wildman–Crippen LogP) is 1.09. The second-order valence-corrected chi connectivity index (χ2v) is 5.81. The maximum absolute atomic E-state index is 11.8. The highest BCUT2D eigenvalue weighted by molar-refractivity contribution is 7.91. The lowest BCUT2D eigenvalue weighted by Gasteiger charge is -2.07. The number of carboxylic acid groups (broad SMARTS) is 1. The molecule has 0 radical (unpaired) electrons. The van der Waals surface area contributed by atoms with Crippen molar-refractivity contribution >= 4 is 21.5 Å². The largest absolute Gasteiger partial charge is 0.481 e. The van der Waals surface area contributed by atoms with Gasteiger partial charge in [-0.2, -0.15) is 0 Å². The molecular formula is C10H11NO6S. The van der Waals surface area contributed by atoms with Crippen molar-refractivity contribution < 1.29 is 23.2 Å². The number of hydrogen-bond donors (Lipinski definition) is 1. The highest BCUT2D eigenvalue weighted by Crippen LogP contribution is 2.18. The highest BCUT2D eigenvalue weighted by Gasteiger charge is 2.23. The lowest BCUT2D eigenvalue weighted by Crippen LogP contribution is -2.21. The third-order valence-electron chi connectivity index (χ3n) is 2.30. The summed E-state index contributed by atoms with van der Waals surface area (Å²) in [4.78, 5) is 20.2. The van der Waals surface area contributed by atoms with E-state index in [0.717, 1.165) is 24.3 Å². The quantitative estimate of drug-likeness (QED) is 0.634. The summed E-state index contributed by atoms with van der Waals surface area (Å²) >= 11 is 0. The first-order valence-electron chi connectivity index (χ1n) is 4.94. The molecule has 0 saturated carbocycles. The molecule has 8 heteroatoms. The molecule has 0 aliphatic heterocycles. The molecule has 0 aromatic heterocycles. The van der Waals surface area contributed by atoms with Crippen LogP contribution in [0.1, 0.15) is 6.92 Å². The van der Waals surface area contributed by atoms with Crippen molar-refractivity contribution in [1.82, 2.24) is 0 Å². The molecule has 18 heavy (non-hydrogen) atoms. The molecule has 1 aromatic rings. The molecule has 0 heterocycles. The third kappa shape index (κ3) is 3.27. The van der Waals surface area contributed by atoms with E-state index in [-0.39, 0.29) is 10.6 Å². The lowest BCUT2D eigenvalue weighted by molar-refractivity contribution is -0.384. The Morgan fingerprint density at radius 3 is 2.28 bits per heavy atom. The van der Waals surface area contributed by atoms with Gasteiger partial charge in [-0.25, -0.2) is 8.42 Å². The molecule has 0 aliphatic carbocycles. The Hall–Kier alpha value is -1.96. The molecule has 0 fully saturated rings. The van der Waals surface area contributed by atoms with E-state index in [1.54, 1.807) is 0 Å². The number of carbonyl (C=O) groups is 1. The molecule has 0 amide bonds. The SMILES string of the molecule is CC(CS(=O)(=O)c1ccc([N+](=O)[O-])cc1)C(=O)O. The van der Waals surface area contributed by atoms with Gasteiger partial charge in [-0.3, -0.25) is 14.9 Å². The number of benzene rings is 1. The zero-order valence-electron chi connectivity index (χ0n) is 9.44. The minimum absolute atomic E-state index is 0.124. The number of aliphatic carboxylic acids is 1. The number of hydrogen-bond acceptors (Lipinski definition) is 5. The first-order valence-corrected chi connectivity index (χ1v) is 6.59. The van der Waals surface area contributed by atoms with Crippen molar-refractivity contribution in [3.8, 4) is 0 Å². The Morgan fingerprint density at radius 2 is 1.89 bits per heavy atom. The van der Waals surface area contributed by atoms with Gasteiger partial charge in [0, 0.05) is 12.1 Å². The van der Waals surface area contributed by atoms with Crippen LogP contribution >= 0.6 is 0 Å². The van der Waals surface area contributed by atoms with E-state index < -0.39 is 32.4 Å². The fourth-order valence-corrected chi connectivity index (χ4v) is 2.82. The average Bonchev–Trinajstić information content (AvgIpc) is 2.28. The van der Waals surface area contributed by atoms with Crippen LogP contribution in [-0.2, 0) is 14.6 Å². The van der Waals surface area contributed by atoms with Gasteiger partial charge in [0.15, 0.2) is 9.84 Å². The Morgan fingerprint density at radius 1 is 1.39 bits per heavy atom. The molecule has 0 aliphatic rings. The Bertz CT molecular complexity index is 563. The van der Waals surface area contributed by atoms with Crippen LogP contribution in [0.4, 0.5) is 5.69 Å². The van der Waals surface area contributed by atoms with E-state index in [1.165, 1.54) is 6.92 Å². The van der Waals surface area contributed by atoms with Crippen LogP contribution in [0.5, 0.6) is 0 Å². The van der Waals surface area contributed by atoms with Crippen molar-refractivity contribution in [2.45, 2.75) is 11.8 Å². The summed E-state index contributed by atoms with van der Waals surface area (Å²) in [5, 5.41) is 19.1. The monoisotopic (exact) mass is 273 g/mol. The topological polar surface area (TPSA) is 115 Å². The lowest BCUT2D eigenvalue weighted by atomic mass is 10.2. The predicted molar refractivity (Wildman–Crippen MR) is 61.9 cm³/mol. The van der Waals surface area contributed by atoms with E-state index in [1.807, 2.05) is 0 Å². The van der Waals surface area contributed by atoms with E-state index in [4.69, 9.17) is 5.11 Å². The minimum Gasteiger partial charge on any atom is -0.481 e. The van der Waals surface area contributed by atoms with Gasteiger partial charge < -0.3 is 5.11 Å². The standard InChI is InChI=1S/C10H11NO6S/c1-7(10(12)13)6-18(16,17)9-4-2-8(3-5-9)11(14)15/h2-5,7H,6H2,1H3,(H,12,13). The first kappa shape index (κ1) is 14.1. The smallest absolute Gasteiger partial charge is 0.307 e. The molecule has 0 saturated heterocycles. The van der Waals surface area contributed by atoms with Crippen LogP contribution in [0.15, 0.2) is 29.2 Å². The Balaban J connectivity index is 2.99. The number of sulfone groups is 1. The van der Waals surface area contributed by atoms with Crippen LogP contribution < -0.4 is 0 Å². The number of non-ortho nitro benzene ring substituents is 1. The zero-order valence-corrected chi connectivity index (χ0v) is 10.3. The summed E-state index contributed by atoms with van der Waals surface area (Å²) in [6.07, 6.45) is 0. The number of nitrogens with zero attached hydrogens (tertiary/aromatic N) is 1. The molecule has 1 rings (SSSR count). The summed E-state index contributed by atoms with van der Waals surface area (Å²) < 4.78 is 23.6. The summed E-state index contributed by atoms with van der Waals surface area (Å²) in [6, 6.07) is 4.33. The maximum Gasteiger partial charge on any atom is 0.307 e. The summed E-state index contributed by atoms with van der Waals surface area (Å²) in [6.45, 7) is 1.28. The van der Waals surface area contributed by atoms with Gasteiger partial charge in [-0.05, 0) is 12.1 Å². The number of carboxylic acids is 1. The van der Waals surface area contributed by atoms with Crippen molar-refractivity contribution in [3.63, 3.8) is 0 Å².